The number of fused-ring (bicyclic) bond motifs is 2. The zero-order chi connectivity index (χ0) is 19.0. The molecule has 0 fully saturated rings. The SMILES string of the molecule is CC(C)c1noc2ncc(C(=O)N[C@@H](C)c3cccc4ccccc34)cc12. The molecule has 0 bridgehead atoms. The van der Waals surface area contributed by atoms with Crippen molar-refractivity contribution in [3.05, 3.63) is 71.5 Å². The molecule has 136 valence electrons. The number of amides is 1. The van der Waals surface area contributed by atoms with E-state index in [4.69, 9.17) is 4.52 Å². The fraction of sp³-hybridized carbons (Fsp3) is 0.227. The van der Waals surface area contributed by atoms with E-state index >= 15 is 0 Å². The van der Waals surface area contributed by atoms with E-state index < -0.39 is 0 Å². The molecule has 1 N–H and O–H groups in total. The van der Waals surface area contributed by atoms with Gasteiger partial charge in [0.05, 0.1) is 22.7 Å². The number of nitrogens with zero attached hydrogens (tertiary/aromatic N) is 2. The van der Waals surface area contributed by atoms with Crippen LogP contribution in [0.5, 0.6) is 0 Å². The average Bonchev–Trinajstić information content (AvgIpc) is 3.11. The summed E-state index contributed by atoms with van der Waals surface area (Å²) in [5.74, 6) is 0.0294. The van der Waals surface area contributed by atoms with Crippen LogP contribution in [0.3, 0.4) is 0 Å². The van der Waals surface area contributed by atoms with Gasteiger partial charge in [0.2, 0.25) is 0 Å². The van der Waals surface area contributed by atoms with Gasteiger partial charge in [0.15, 0.2) is 0 Å². The predicted octanol–water partition coefficient (Wildman–Crippen LogP) is 4.99. The highest BCUT2D eigenvalue weighted by Gasteiger charge is 2.18. The average molecular weight is 359 g/mol. The van der Waals surface area contributed by atoms with E-state index in [1.807, 2.05) is 45.0 Å². The van der Waals surface area contributed by atoms with Crippen molar-refractivity contribution in [2.24, 2.45) is 0 Å². The van der Waals surface area contributed by atoms with E-state index in [1.165, 1.54) is 6.20 Å². The molecule has 0 saturated heterocycles. The molecule has 2 aromatic heterocycles. The van der Waals surface area contributed by atoms with Crippen LogP contribution in [0.2, 0.25) is 0 Å². The number of hydrogen-bond acceptors (Lipinski definition) is 4. The second-order valence-electron chi connectivity index (χ2n) is 7.06. The summed E-state index contributed by atoms with van der Waals surface area (Å²) in [5, 5.41) is 10.2. The predicted molar refractivity (Wildman–Crippen MR) is 106 cm³/mol. The van der Waals surface area contributed by atoms with E-state index in [0.717, 1.165) is 27.4 Å². The van der Waals surface area contributed by atoms with Crippen LogP contribution in [0, 0.1) is 0 Å². The second kappa shape index (κ2) is 6.83. The highest BCUT2D eigenvalue weighted by molar-refractivity contribution is 5.97. The third kappa shape index (κ3) is 3.16. The van der Waals surface area contributed by atoms with Crippen molar-refractivity contribution in [2.45, 2.75) is 32.7 Å². The molecule has 4 rings (SSSR count). The Morgan fingerprint density at radius 1 is 1.04 bits per heavy atom. The normalized spacial score (nSPS) is 12.6. The molecule has 0 aliphatic rings. The first-order valence-electron chi connectivity index (χ1n) is 9.08. The Morgan fingerprint density at radius 2 is 1.81 bits per heavy atom. The minimum absolute atomic E-state index is 0.133. The van der Waals surface area contributed by atoms with Gasteiger partial charge in [-0.3, -0.25) is 4.79 Å². The Morgan fingerprint density at radius 3 is 2.63 bits per heavy atom. The summed E-state index contributed by atoms with van der Waals surface area (Å²) in [6.07, 6.45) is 1.53. The number of rotatable bonds is 4. The van der Waals surface area contributed by atoms with Crippen LogP contribution in [0.25, 0.3) is 21.9 Å². The third-order valence-electron chi connectivity index (χ3n) is 4.80. The highest BCUT2D eigenvalue weighted by atomic mass is 16.5. The number of pyridine rings is 1. The van der Waals surface area contributed by atoms with Crippen LogP contribution < -0.4 is 5.32 Å². The van der Waals surface area contributed by atoms with Crippen molar-refractivity contribution in [1.29, 1.82) is 0 Å². The van der Waals surface area contributed by atoms with Gasteiger partial charge >= 0.3 is 0 Å². The van der Waals surface area contributed by atoms with Gasteiger partial charge in [-0.15, -0.1) is 0 Å². The molecule has 0 aliphatic carbocycles. The summed E-state index contributed by atoms with van der Waals surface area (Å²) in [4.78, 5) is 17.1. The minimum atomic E-state index is -0.166. The molecule has 4 aromatic rings. The summed E-state index contributed by atoms with van der Waals surface area (Å²) in [6.45, 7) is 6.06. The summed E-state index contributed by atoms with van der Waals surface area (Å²) in [5.41, 5.74) is 2.86. The van der Waals surface area contributed by atoms with Crippen molar-refractivity contribution >= 4 is 27.8 Å². The van der Waals surface area contributed by atoms with E-state index in [1.54, 1.807) is 6.07 Å². The van der Waals surface area contributed by atoms with E-state index in [9.17, 15) is 4.79 Å². The summed E-state index contributed by atoms with van der Waals surface area (Å²) < 4.78 is 5.25. The molecule has 2 aromatic carbocycles. The summed E-state index contributed by atoms with van der Waals surface area (Å²) in [7, 11) is 0. The number of aromatic nitrogens is 2. The molecule has 1 atom stereocenters. The molecule has 2 heterocycles. The number of benzene rings is 2. The number of nitrogens with one attached hydrogen (secondary N) is 1. The zero-order valence-corrected chi connectivity index (χ0v) is 15.6. The maximum atomic E-state index is 12.8. The Hall–Kier alpha value is -3.21. The minimum Gasteiger partial charge on any atom is -0.345 e. The fourth-order valence-electron chi connectivity index (χ4n) is 3.38. The monoisotopic (exact) mass is 359 g/mol. The van der Waals surface area contributed by atoms with Crippen LogP contribution in [0.1, 0.15) is 54.3 Å². The van der Waals surface area contributed by atoms with Crippen LogP contribution in [-0.4, -0.2) is 16.0 Å². The van der Waals surface area contributed by atoms with Crippen molar-refractivity contribution in [3.8, 4) is 0 Å². The number of carbonyl (C=O) groups excluding carboxylic acids is 1. The molecule has 1 amide bonds. The van der Waals surface area contributed by atoms with E-state index in [-0.39, 0.29) is 17.9 Å². The first-order valence-corrected chi connectivity index (χ1v) is 9.08. The first-order chi connectivity index (χ1) is 13.0. The topological polar surface area (TPSA) is 68.0 Å². The molecule has 5 nitrogen and oxygen atoms in total. The van der Waals surface area contributed by atoms with Crippen molar-refractivity contribution < 1.29 is 9.32 Å². The Kier molecular flexibility index (Phi) is 4.36. The highest BCUT2D eigenvalue weighted by Crippen LogP contribution is 2.26. The van der Waals surface area contributed by atoms with Crippen molar-refractivity contribution in [2.75, 3.05) is 0 Å². The quantitative estimate of drug-likeness (QED) is 0.557. The molecule has 0 aliphatic heterocycles. The lowest BCUT2D eigenvalue weighted by Gasteiger charge is -2.16. The van der Waals surface area contributed by atoms with E-state index in [2.05, 4.69) is 33.7 Å². The maximum Gasteiger partial charge on any atom is 0.257 e. The fourth-order valence-corrected chi connectivity index (χ4v) is 3.38. The van der Waals surface area contributed by atoms with Gasteiger partial charge in [0, 0.05) is 6.20 Å². The standard InChI is InChI=1S/C22H21N3O2/c1-13(2)20-19-11-16(12-23-22(19)27-25-20)21(26)24-14(3)17-10-6-8-15-7-4-5-9-18(15)17/h4-14H,1-3H3,(H,24,26)/t14-/m0/s1. The number of carbonyl (C=O) groups is 1. The maximum absolute atomic E-state index is 12.8. The third-order valence-corrected chi connectivity index (χ3v) is 4.80. The molecule has 0 saturated carbocycles. The molecule has 0 spiro atoms. The molecule has 0 unspecified atom stereocenters. The van der Waals surface area contributed by atoms with Crippen LogP contribution in [-0.2, 0) is 0 Å². The summed E-state index contributed by atoms with van der Waals surface area (Å²) >= 11 is 0. The van der Waals surface area contributed by atoms with Gasteiger partial charge in [0.1, 0.15) is 0 Å². The Labute approximate surface area is 157 Å². The molecule has 0 radical (unpaired) electrons. The molecular weight excluding hydrogens is 338 g/mol. The zero-order valence-electron chi connectivity index (χ0n) is 15.6. The van der Waals surface area contributed by atoms with Gasteiger partial charge < -0.3 is 9.84 Å². The van der Waals surface area contributed by atoms with Crippen molar-refractivity contribution in [1.82, 2.24) is 15.5 Å². The lowest BCUT2D eigenvalue weighted by molar-refractivity contribution is 0.0940. The molecule has 5 heteroatoms. The molecule has 27 heavy (non-hydrogen) atoms. The second-order valence-corrected chi connectivity index (χ2v) is 7.06. The smallest absolute Gasteiger partial charge is 0.257 e. The summed E-state index contributed by atoms with van der Waals surface area (Å²) in [6, 6.07) is 16.0. The van der Waals surface area contributed by atoms with Gasteiger partial charge in [-0.25, -0.2) is 4.98 Å². The lowest BCUT2D eigenvalue weighted by Crippen LogP contribution is -2.26. The Balaban J connectivity index is 1.63. The van der Waals surface area contributed by atoms with E-state index in [0.29, 0.717) is 11.3 Å². The number of hydrogen-bond donors (Lipinski definition) is 1. The van der Waals surface area contributed by atoms with Gasteiger partial charge in [0.25, 0.3) is 11.6 Å². The molecular formula is C22H21N3O2. The van der Waals surface area contributed by atoms with Gasteiger partial charge in [-0.1, -0.05) is 61.5 Å². The van der Waals surface area contributed by atoms with Crippen LogP contribution in [0.4, 0.5) is 0 Å². The first kappa shape index (κ1) is 17.2. The largest absolute Gasteiger partial charge is 0.345 e. The van der Waals surface area contributed by atoms with Crippen LogP contribution in [0.15, 0.2) is 59.3 Å². The van der Waals surface area contributed by atoms with Gasteiger partial charge in [-0.2, -0.15) is 0 Å². The lowest BCUT2D eigenvalue weighted by atomic mass is 9.99. The van der Waals surface area contributed by atoms with Crippen molar-refractivity contribution in [3.63, 3.8) is 0 Å². The Bertz CT molecular complexity index is 1130. The van der Waals surface area contributed by atoms with Gasteiger partial charge in [-0.05, 0) is 35.2 Å². The van der Waals surface area contributed by atoms with Crippen LogP contribution >= 0.6 is 0 Å².